The van der Waals surface area contributed by atoms with Crippen molar-refractivity contribution in [3.8, 4) is 22.5 Å². The Bertz CT molecular complexity index is 1150. The van der Waals surface area contributed by atoms with Crippen LogP contribution in [0.1, 0.15) is 11.6 Å². The van der Waals surface area contributed by atoms with Crippen LogP contribution < -0.4 is 0 Å². The predicted molar refractivity (Wildman–Crippen MR) is 102 cm³/mol. The molecule has 0 saturated carbocycles. The molecule has 0 fully saturated rings. The molecule has 5 aromatic rings. The van der Waals surface area contributed by atoms with E-state index >= 15 is 0 Å². The first-order valence-corrected chi connectivity index (χ1v) is 8.41. The van der Waals surface area contributed by atoms with E-state index in [1.54, 1.807) is 0 Å². The van der Waals surface area contributed by atoms with Gasteiger partial charge in [-0.25, -0.2) is 19.9 Å². The van der Waals surface area contributed by atoms with Gasteiger partial charge in [0.1, 0.15) is 11.6 Å². The SMILES string of the molecule is Cc1nc2cc(-c3cnc(-c4ccc5[nH]c(C)nc5c4)nc3)ccc2[nH]1. The summed E-state index contributed by atoms with van der Waals surface area (Å²) >= 11 is 0. The Morgan fingerprint density at radius 1 is 0.654 bits per heavy atom. The molecule has 0 atom stereocenters. The lowest BCUT2D eigenvalue weighted by molar-refractivity contribution is 1.17. The Hall–Kier alpha value is -3.54. The zero-order chi connectivity index (χ0) is 17.7. The number of fused-ring (bicyclic) bond motifs is 2. The lowest BCUT2D eigenvalue weighted by Gasteiger charge is -2.03. The van der Waals surface area contributed by atoms with Gasteiger partial charge >= 0.3 is 0 Å². The molecule has 0 aliphatic heterocycles. The van der Waals surface area contributed by atoms with Gasteiger partial charge in [-0.1, -0.05) is 6.07 Å². The van der Waals surface area contributed by atoms with Crippen LogP contribution in [0.5, 0.6) is 0 Å². The molecule has 126 valence electrons. The van der Waals surface area contributed by atoms with E-state index in [2.05, 4.69) is 42.0 Å². The lowest BCUT2D eigenvalue weighted by atomic mass is 10.1. The van der Waals surface area contributed by atoms with E-state index < -0.39 is 0 Å². The van der Waals surface area contributed by atoms with Gasteiger partial charge in [0.2, 0.25) is 0 Å². The van der Waals surface area contributed by atoms with E-state index in [1.807, 2.05) is 50.5 Å². The third-order valence-corrected chi connectivity index (χ3v) is 4.45. The molecule has 3 aromatic heterocycles. The van der Waals surface area contributed by atoms with E-state index in [0.29, 0.717) is 5.82 Å². The molecule has 6 nitrogen and oxygen atoms in total. The molecule has 2 aromatic carbocycles. The monoisotopic (exact) mass is 340 g/mol. The number of H-pyrrole nitrogens is 2. The Labute approximate surface area is 149 Å². The van der Waals surface area contributed by atoms with Crippen molar-refractivity contribution >= 4 is 22.1 Å². The molecule has 26 heavy (non-hydrogen) atoms. The Kier molecular flexibility index (Phi) is 3.12. The summed E-state index contributed by atoms with van der Waals surface area (Å²) in [6.45, 7) is 3.90. The van der Waals surface area contributed by atoms with Gasteiger partial charge < -0.3 is 9.97 Å². The van der Waals surface area contributed by atoms with Gasteiger partial charge in [0.05, 0.1) is 22.1 Å². The number of imidazole rings is 2. The third kappa shape index (κ3) is 2.43. The highest BCUT2D eigenvalue weighted by atomic mass is 14.9. The Morgan fingerprint density at radius 2 is 1.19 bits per heavy atom. The number of benzene rings is 2. The first-order chi connectivity index (χ1) is 12.7. The Morgan fingerprint density at radius 3 is 1.81 bits per heavy atom. The van der Waals surface area contributed by atoms with Crippen LogP contribution >= 0.6 is 0 Å². The molecule has 0 spiro atoms. The van der Waals surface area contributed by atoms with Crippen LogP contribution in [0.4, 0.5) is 0 Å². The van der Waals surface area contributed by atoms with Crippen LogP contribution in [0, 0.1) is 13.8 Å². The molecule has 6 heteroatoms. The van der Waals surface area contributed by atoms with Crippen molar-refractivity contribution in [3.63, 3.8) is 0 Å². The maximum absolute atomic E-state index is 4.55. The number of aryl methyl sites for hydroxylation is 2. The summed E-state index contributed by atoms with van der Waals surface area (Å²) in [7, 11) is 0. The smallest absolute Gasteiger partial charge is 0.159 e. The van der Waals surface area contributed by atoms with Crippen LogP contribution in [-0.2, 0) is 0 Å². The molecule has 2 N–H and O–H groups in total. The summed E-state index contributed by atoms with van der Waals surface area (Å²) in [6, 6.07) is 12.2. The minimum absolute atomic E-state index is 0.688. The van der Waals surface area contributed by atoms with E-state index in [-0.39, 0.29) is 0 Å². The number of nitrogens with zero attached hydrogens (tertiary/aromatic N) is 4. The normalized spacial score (nSPS) is 11.5. The summed E-state index contributed by atoms with van der Waals surface area (Å²) in [5.74, 6) is 2.50. The molecular formula is C20H16N6. The second kappa shape index (κ2) is 5.49. The second-order valence-electron chi connectivity index (χ2n) is 6.40. The van der Waals surface area contributed by atoms with E-state index in [9.17, 15) is 0 Å². The lowest BCUT2D eigenvalue weighted by Crippen LogP contribution is -1.90. The highest BCUT2D eigenvalue weighted by Crippen LogP contribution is 2.25. The minimum Gasteiger partial charge on any atom is -0.342 e. The molecule has 0 saturated heterocycles. The standard InChI is InChI=1S/C20H16N6/c1-11-23-16-5-3-13(7-18(16)25-11)15-9-21-20(22-10-15)14-4-6-17-19(8-14)26-12(2)24-17/h3-10H,1-2H3,(H,23,25)(H,24,26). The number of hydrogen-bond acceptors (Lipinski definition) is 4. The van der Waals surface area contributed by atoms with E-state index in [4.69, 9.17) is 0 Å². The van der Waals surface area contributed by atoms with Gasteiger partial charge in [-0.05, 0) is 49.7 Å². The second-order valence-corrected chi connectivity index (χ2v) is 6.40. The summed E-state index contributed by atoms with van der Waals surface area (Å²) in [5.41, 5.74) is 6.89. The molecule has 3 heterocycles. The van der Waals surface area contributed by atoms with Crippen molar-refractivity contribution in [1.82, 2.24) is 29.9 Å². The average molecular weight is 340 g/mol. The summed E-state index contributed by atoms with van der Waals surface area (Å²) < 4.78 is 0. The first kappa shape index (κ1) is 14.8. The van der Waals surface area contributed by atoms with Gasteiger partial charge in [0.15, 0.2) is 5.82 Å². The molecule has 0 radical (unpaired) electrons. The topological polar surface area (TPSA) is 83.1 Å². The van der Waals surface area contributed by atoms with Crippen molar-refractivity contribution in [2.75, 3.05) is 0 Å². The predicted octanol–water partition coefficient (Wildman–Crippen LogP) is 4.18. The van der Waals surface area contributed by atoms with Gasteiger partial charge in [-0.2, -0.15) is 0 Å². The molecule has 0 aliphatic carbocycles. The largest absolute Gasteiger partial charge is 0.342 e. The van der Waals surface area contributed by atoms with Gasteiger partial charge in [0.25, 0.3) is 0 Å². The third-order valence-electron chi connectivity index (χ3n) is 4.45. The fourth-order valence-electron chi connectivity index (χ4n) is 3.21. The van der Waals surface area contributed by atoms with Gasteiger partial charge in [-0.3, -0.25) is 0 Å². The van der Waals surface area contributed by atoms with Crippen molar-refractivity contribution in [2.45, 2.75) is 13.8 Å². The highest BCUT2D eigenvalue weighted by molar-refractivity contribution is 5.82. The minimum atomic E-state index is 0.688. The number of nitrogens with one attached hydrogen (secondary N) is 2. The number of aromatic nitrogens is 6. The summed E-state index contributed by atoms with van der Waals surface area (Å²) in [6.07, 6.45) is 3.70. The van der Waals surface area contributed by atoms with Crippen molar-refractivity contribution in [3.05, 3.63) is 60.4 Å². The number of hydrogen-bond donors (Lipinski definition) is 2. The molecule has 0 bridgehead atoms. The first-order valence-electron chi connectivity index (χ1n) is 8.41. The van der Waals surface area contributed by atoms with Crippen molar-refractivity contribution in [1.29, 1.82) is 0 Å². The van der Waals surface area contributed by atoms with Crippen molar-refractivity contribution < 1.29 is 0 Å². The summed E-state index contributed by atoms with van der Waals surface area (Å²) in [4.78, 5) is 24.5. The van der Waals surface area contributed by atoms with Crippen LogP contribution in [0.2, 0.25) is 0 Å². The molecule has 0 unspecified atom stereocenters. The maximum atomic E-state index is 4.55. The maximum Gasteiger partial charge on any atom is 0.159 e. The molecule has 0 amide bonds. The number of rotatable bonds is 2. The van der Waals surface area contributed by atoms with Crippen LogP contribution in [0.25, 0.3) is 44.6 Å². The van der Waals surface area contributed by atoms with E-state index in [1.165, 1.54) is 0 Å². The number of aromatic amines is 2. The fraction of sp³-hybridized carbons (Fsp3) is 0.100. The molecular weight excluding hydrogens is 324 g/mol. The van der Waals surface area contributed by atoms with Gasteiger partial charge in [-0.15, -0.1) is 0 Å². The zero-order valence-electron chi connectivity index (χ0n) is 14.4. The highest BCUT2D eigenvalue weighted by Gasteiger charge is 2.07. The average Bonchev–Trinajstić information content (AvgIpc) is 3.20. The molecule has 5 rings (SSSR count). The zero-order valence-corrected chi connectivity index (χ0v) is 14.4. The van der Waals surface area contributed by atoms with Crippen LogP contribution in [0.3, 0.4) is 0 Å². The molecule has 0 aliphatic rings. The van der Waals surface area contributed by atoms with E-state index in [0.717, 1.165) is 50.4 Å². The van der Waals surface area contributed by atoms with Crippen molar-refractivity contribution in [2.24, 2.45) is 0 Å². The Balaban J connectivity index is 1.52. The quantitative estimate of drug-likeness (QED) is 0.505. The fourth-order valence-corrected chi connectivity index (χ4v) is 3.21. The van der Waals surface area contributed by atoms with Gasteiger partial charge in [0, 0.05) is 23.5 Å². The van der Waals surface area contributed by atoms with Crippen LogP contribution in [0.15, 0.2) is 48.8 Å². The van der Waals surface area contributed by atoms with Crippen LogP contribution in [-0.4, -0.2) is 29.9 Å². The summed E-state index contributed by atoms with van der Waals surface area (Å²) in [5, 5.41) is 0.